The van der Waals surface area contributed by atoms with Crippen molar-refractivity contribution in [1.82, 2.24) is 0 Å². The molecule has 4 aromatic rings. The fraction of sp³-hybridized carbons (Fsp3) is 0.0476. The van der Waals surface area contributed by atoms with Crippen molar-refractivity contribution in [2.45, 2.75) is 6.92 Å². The summed E-state index contributed by atoms with van der Waals surface area (Å²) in [7, 11) is 0. The Morgan fingerprint density at radius 3 is 1.82 bits per heavy atom. The Morgan fingerprint density at radius 1 is 0.591 bits per heavy atom. The summed E-state index contributed by atoms with van der Waals surface area (Å²) in [6, 6.07) is 26.4. The highest BCUT2D eigenvalue weighted by Crippen LogP contribution is 2.29. The summed E-state index contributed by atoms with van der Waals surface area (Å²) >= 11 is 1.79. The van der Waals surface area contributed by atoms with Gasteiger partial charge in [-0.3, -0.25) is 0 Å². The van der Waals surface area contributed by atoms with E-state index in [1.807, 2.05) is 0 Å². The summed E-state index contributed by atoms with van der Waals surface area (Å²) in [4.78, 5) is 0. The molecule has 0 aliphatic heterocycles. The van der Waals surface area contributed by atoms with E-state index in [9.17, 15) is 0 Å². The van der Waals surface area contributed by atoms with E-state index in [0.717, 1.165) is 0 Å². The zero-order chi connectivity index (χ0) is 14.9. The molecule has 1 aromatic heterocycles. The molecule has 0 bridgehead atoms. The smallest absolute Gasteiger partial charge is 0.0343 e. The van der Waals surface area contributed by atoms with Gasteiger partial charge in [0.1, 0.15) is 0 Å². The Kier molecular flexibility index (Phi) is 3.28. The van der Waals surface area contributed by atoms with Crippen LogP contribution in [0.4, 0.5) is 0 Å². The Labute approximate surface area is 134 Å². The first-order valence-electron chi connectivity index (χ1n) is 7.44. The minimum atomic E-state index is 1.26. The molecule has 0 nitrogen and oxygen atoms in total. The van der Waals surface area contributed by atoms with Crippen LogP contribution in [0.25, 0.3) is 32.3 Å². The van der Waals surface area contributed by atoms with Crippen molar-refractivity contribution in [2.75, 3.05) is 0 Å². The van der Waals surface area contributed by atoms with Gasteiger partial charge in [-0.25, -0.2) is 0 Å². The Hall–Kier alpha value is -2.38. The monoisotopic (exact) mass is 300 g/mol. The summed E-state index contributed by atoms with van der Waals surface area (Å²) < 4.78 is 1.35. The van der Waals surface area contributed by atoms with Gasteiger partial charge in [-0.2, -0.15) is 0 Å². The van der Waals surface area contributed by atoms with Crippen LogP contribution in [0.2, 0.25) is 0 Å². The van der Waals surface area contributed by atoms with Crippen molar-refractivity contribution in [3.8, 4) is 22.3 Å². The van der Waals surface area contributed by atoms with Gasteiger partial charge in [-0.15, -0.1) is 11.3 Å². The number of hydrogen-bond donors (Lipinski definition) is 0. The van der Waals surface area contributed by atoms with E-state index in [2.05, 4.69) is 85.1 Å². The van der Waals surface area contributed by atoms with Gasteiger partial charge in [0.15, 0.2) is 0 Å². The second-order valence-corrected chi connectivity index (χ2v) is 6.56. The molecule has 0 unspecified atom stereocenters. The van der Waals surface area contributed by atoms with Gasteiger partial charge in [0.05, 0.1) is 0 Å². The topological polar surface area (TPSA) is 0 Å². The van der Waals surface area contributed by atoms with Gasteiger partial charge in [0.2, 0.25) is 0 Å². The molecule has 1 heterocycles. The molecular weight excluding hydrogens is 284 g/mol. The molecule has 0 spiro atoms. The maximum Gasteiger partial charge on any atom is 0.0343 e. The van der Waals surface area contributed by atoms with E-state index in [4.69, 9.17) is 0 Å². The van der Waals surface area contributed by atoms with E-state index in [1.54, 1.807) is 11.3 Å². The molecule has 0 N–H and O–H groups in total. The van der Waals surface area contributed by atoms with E-state index >= 15 is 0 Å². The first-order valence-corrected chi connectivity index (χ1v) is 8.32. The number of benzene rings is 3. The SMILES string of the molecule is Cc1ccc(-c2ccc(-c3ccc4sccc4c3)cc2)cc1. The average molecular weight is 300 g/mol. The maximum atomic E-state index is 2.27. The lowest BCUT2D eigenvalue weighted by molar-refractivity contribution is 1.47. The van der Waals surface area contributed by atoms with E-state index in [-0.39, 0.29) is 0 Å². The van der Waals surface area contributed by atoms with Crippen molar-refractivity contribution in [2.24, 2.45) is 0 Å². The van der Waals surface area contributed by atoms with Crippen LogP contribution in [0, 0.1) is 6.92 Å². The first kappa shape index (κ1) is 13.3. The standard InChI is InChI=1S/C21H16S/c1-15-2-4-16(5-3-15)17-6-8-18(9-7-17)19-10-11-21-20(14-19)12-13-22-21/h2-14H,1H3. The van der Waals surface area contributed by atoms with E-state index in [0.29, 0.717) is 0 Å². The van der Waals surface area contributed by atoms with Crippen molar-refractivity contribution in [3.05, 3.63) is 83.7 Å². The van der Waals surface area contributed by atoms with E-state index < -0.39 is 0 Å². The number of aryl methyl sites for hydroxylation is 1. The van der Waals surface area contributed by atoms with Crippen molar-refractivity contribution in [1.29, 1.82) is 0 Å². The quantitative estimate of drug-likeness (QED) is 0.394. The highest BCUT2D eigenvalue weighted by atomic mass is 32.1. The molecule has 0 fully saturated rings. The van der Waals surface area contributed by atoms with Crippen molar-refractivity contribution < 1.29 is 0 Å². The van der Waals surface area contributed by atoms with Gasteiger partial charge < -0.3 is 0 Å². The van der Waals surface area contributed by atoms with Gasteiger partial charge in [-0.05, 0) is 58.1 Å². The van der Waals surface area contributed by atoms with Crippen LogP contribution >= 0.6 is 11.3 Å². The van der Waals surface area contributed by atoms with Gasteiger partial charge in [0.25, 0.3) is 0 Å². The maximum absolute atomic E-state index is 2.27. The van der Waals surface area contributed by atoms with Crippen LogP contribution in [-0.4, -0.2) is 0 Å². The second kappa shape index (κ2) is 5.43. The molecule has 4 rings (SSSR count). The molecule has 0 atom stereocenters. The van der Waals surface area contributed by atoms with E-state index in [1.165, 1.54) is 37.9 Å². The van der Waals surface area contributed by atoms with Gasteiger partial charge in [-0.1, -0.05) is 60.2 Å². The largest absolute Gasteiger partial charge is 0.144 e. The number of rotatable bonds is 2. The lowest BCUT2D eigenvalue weighted by Gasteiger charge is -2.06. The average Bonchev–Trinajstić information content (AvgIpc) is 3.03. The minimum absolute atomic E-state index is 1.26. The lowest BCUT2D eigenvalue weighted by Crippen LogP contribution is -1.81. The third-order valence-electron chi connectivity index (χ3n) is 4.06. The third kappa shape index (κ3) is 2.44. The molecule has 0 aliphatic rings. The predicted octanol–water partition coefficient (Wildman–Crippen LogP) is 6.54. The third-order valence-corrected chi connectivity index (χ3v) is 4.95. The fourth-order valence-corrected chi connectivity index (χ4v) is 3.52. The molecular formula is C21H16S. The van der Waals surface area contributed by atoms with Crippen LogP contribution in [0.3, 0.4) is 0 Å². The Morgan fingerprint density at radius 2 is 1.14 bits per heavy atom. The van der Waals surface area contributed by atoms with Crippen LogP contribution in [0.5, 0.6) is 0 Å². The second-order valence-electron chi connectivity index (χ2n) is 5.62. The summed E-state index contributed by atoms with van der Waals surface area (Å²) in [6.07, 6.45) is 0. The fourth-order valence-electron chi connectivity index (χ4n) is 2.75. The summed E-state index contributed by atoms with van der Waals surface area (Å²) in [6.45, 7) is 2.12. The molecule has 22 heavy (non-hydrogen) atoms. The van der Waals surface area contributed by atoms with Gasteiger partial charge >= 0.3 is 0 Å². The van der Waals surface area contributed by atoms with Crippen LogP contribution in [-0.2, 0) is 0 Å². The van der Waals surface area contributed by atoms with Gasteiger partial charge in [0, 0.05) is 4.70 Å². The first-order chi connectivity index (χ1) is 10.8. The molecule has 0 saturated carbocycles. The molecule has 0 amide bonds. The normalized spacial score (nSPS) is 11.0. The molecule has 0 aliphatic carbocycles. The molecule has 0 radical (unpaired) electrons. The Bertz CT molecular complexity index is 912. The number of hydrogen-bond acceptors (Lipinski definition) is 1. The van der Waals surface area contributed by atoms with Crippen LogP contribution < -0.4 is 0 Å². The summed E-state index contributed by atoms with van der Waals surface area (Å²) in [5.74, 6) is 0. The zero-order valence-electron chi connectivity index (χ0n) is 12.4. The number of fused-ring (bicyclic) bond motifs is 1. The molecule has 1 heteroatoms. The lowest BCUT2D eigenvalue weighted by atomic mass is 9.99. The predicted molar refractivity (Wildman–Crippen MR) is 97.4 cm³/mol. The molecule has 3 aromatic carbocycles. The highest BCUT2D eigenvalue weighted by molar-refractivity contribution is 7.17. The summed E-state index contributed by atoms with van der Waals surface area (Å²) in [5, 5.41) is 3.47. The zero-order valence-corrected chi connectivity index (χ0v) is 13.2. The Balaban J connectivity index is 1.70. The summed E-state index contributed by atoms with van der Waals surface area (Å²) in [5.41, 5.74) is 6.38. The molecule has 0 saturated heterocycles. The van der Waals surface area contributed by atoms with Crippen molar-refractivity contribution >= 4 is 21.4 Å². The van der Waals surface area contributed by atoms with Crippen LogP contribution in [0.1, 0.15) is 5.56 Å². The minimum Gasteiger partial charge on any atom is -0.144 e. The van der Waals surface area contributed by atoms with Crippen molar-refractivity contribution in [3.63, 3.8) is 0 Å². The highest BCUT2D eigenvalue weighted by Gasteiger charge is 2.02. The number of thiophene rings is 1. The van der Waals surface area contributed by atoms with Crippen LogP contribution in [0.15, 0.2) is 78.2 Å². The molecule has 106 valence electrons.